The number of amides is 1. The van der Waals surface area contributed by atoms with Crippen molar-refractivity contribution < 1.29 is 14.3 Å². The number of rotatable bonds is 6. The molecule has 178 valence electrons. The summed E-state index contributed by atoms with van der Waals surface area (Å²) in [6.07, 6.45) is 4.32. The van der Waals surface area contributed by atoms with Gasteiger partial charge < -0.3 is 19.7 Å². The van der Waals surface area contributed by atoms with Gasteiger partial charge in [0.15, 0.2) is 0 Å². The Labute approximate surface area is 204 Å². The van der Waals surface area contributed by atoms with E-state index >= 15 is 0 Å². The largest absolute Gasteiger partial charge is 0.497 e. The molecule has 2 aromatic carbocycles. The number of ether oxygens (including phenoxy) is 2. The molecule has 35 heavy (non-hydrogen) atoms. The van der Waals surface area contributed by atoms with Crippen LogP contribution in [0.4, 0.5) is 11.5 Å². The zero-order valence-corrected chi connectivity index (χ0v) is 19.7. The average Bonchev–Trinajstić information content (AvgIpc) is 3.14. The van der Waals surface area contributed by atoms with Gasteiger partial charge in [0.2, 0.25) is 0 Å². The van der Waals surface area contributed by atoms with E-state index in [2.05, 4.69) is 39.6 Å². The lowest BCUT2D eigenvalue weighted by atomic mass is 9.98. The summed E-state index contributed by atoms with van der Waals surface area (Å²) in [6, 6.07) is 21.5. The number of pyridine rings is 2. The minimum absolute atomic E-state index is 0.0488. The highest BCUT2D eigenvalue weighted by atomic mass is 16.5. The first kappa shape index (κ1) is 22.8. The lowest BCUT2D eigenvalue weighted by molar-refractivity contribution is 0.0738. The summed E-state index contributed by atoms with van der Waals surface area (Å²) >= 11 is 0. The number of nitrogens with one attached hydrogen (secondary N) is 1. The maximum Gasteiger partial charge on any atom is 0.257 e. The molecule has 1 aliphatic rings. The highest BCUT2D eigenvalue weighted by Gasteiger charge is 2.25. The third-order valence-electron chi connectivity index (χ3n) is 6.21. The molecule has 4 aromatic rings. The first-order chi connectivity index (χ1) is 17.2. The Kier molecular flexibility index (Phi) is 6.86. The predicted octanol–water partition coefficient (Wildman–Crippen LogP) is 4.71. The normalized spacial score (nSPS) is 16.0. The molecule has 1 amide bonds. The van der Waals surface area contributed by atoms with Gasteiger partial charge in [0, 0.05) is 42.5 Å². The van der Waals surface area contributed by atoms with E-state index in [9.17, 15) is 4.79 Å². The second kappa shape index (κ2) is 10.5. The fourth-order valence-electron chi connectivity index (χ4n) is 4.43. The molecular formula is C28H28N4O3. The molecule has 1 saturated heterocycles. The summed E-state index contributed by atoms with van der Waals surface area (Å²) in [7, 11) is 1.63. The van der Waals surface area contributed by atoms with Crippen LogP contribution in [0, 0.1) is 5.92 Å². The summed E-state index contributed by atoms with van der Waals surface area (Å²) in [5.74, 6) is 1.45. The number of carbonyl (C=O) groups excluding carboxylic acids is 1. The van der Waals surface area contributed by atoms with Gasteiger partial charge in [-0.25, -0.2) is 4.98 Å². The first-order valence-electron chi connectivity index (χ1n) is 11.8. The zero-order chi connectivity index (χ0) is 24.0. The number of anilines is 2. The van der Waals surface area contributed by atoms with Crippen LogP contribution in [0.5, 0.6) is 5.75 Å². The number of benzene rings is 2. The summed E-state index contributed by atoms with van der Waals surface area (Å²) in [6.45, 7) is 2.32. The van der Waals surface area contributed by atoms with Crippen molar-refractivity contribution in [1.82, 2.24) is 14.9 Å². The van der Waals surface area contributed by atoms with Crippen LogP contribution in [0.15, 0.2) is 79.1 Å². The monoisotopic (exact) mass is 468 g/mol. The summed E-state index contributed by atoms with van der Waals surface area (Å²) in [5.41, 5.74) is 3.58. The van der Waals surface area contributed by atoms with E-state index in [0.29, 0.717) is 37.7 Å². The summed E-state index contributed by atoms with van der Waals surface area (Å²) in [4.78, 5) is 24.3. The minimum Gasteiger partial charge on any atom is -0.497 e. The Balaban J connectivity index is 1.32. The Hall–Kier alpha value is -3.97. The SMILES string of the molecule is COc1ccc(Nc2ncccc2C(=O)N2CCOC[C@H](Cc3ccc4ncccc4c3)C2)cc1. The Morgan fingerprint density at radius 3 is 2.77 bits per heavy atom. The van der Waals surface area contributed by atoms with Gasteiger partial charge in [-0.15, -0.1) is 0 Å². The zero-order valence-electron chi connectivity index (χ0n) is 19.7. The Morgan fingerprint density at radius 2 is 1.91 bits per heavy atom. The molecule has 0 bridgehead atoms. The molecule has 7 nitrogen and oxygen atoms in total. The van der Waals surface area contributed by atoms with Crippen LogP contribution >= 0.6 is 0 Å². The molecule has 0 spiro atoms. The molecule has 1 N–H and O–H groups in total. The molecule has 1 aliphatic heterocycles. The second-order valence-corrected chi connectivity index (χ2v) is 8.68. The molecule has 0 saturated carbocycles. The second-order valence-electron chi connectivity index (χ2n) is 8.68. The van der Waals surface area contributed by atoms with Crippen LogP contribution in [0.3, 0.4) is 0 Å². The molecule has 2 aromatic heterocycles. The van der Waals surface area contributed by atoms with Crippen molar-refractivity contribution in [2.75, 3.05) is 38.7 Å². The van der Waals surface area contributed by atoms with Crippen LogP contribution in [-0.4, -0.2) is 54.2 Å². The number of hydrogen-bond acceptors (Lipinski definition) is 6. The molecule has 3 heterocycles. The molecule has 1 fully saturated rings. The van der Waals surface area contributed by atoms with Crippen LogP contribution < -0.4 is 10.1 Å². The number of aromatic nitrogens is 2. The molecule has 0 unspecified atom stereocenters. The highest BCUT2D eigenvalue weighted by molar-refractivity contribution is 5.99. The van der Waals surface area contributed by atoms with Gasteiger partial charge in [-0.3, -0.25) is 9.78 Å². The molecule has 5 rings (SSSR count). The van der Waals surface area contributed by atoms with Crippen LogP contribution in [0.25, 0.3) is 10.9 Å². The van der Waals surface area contributed by atoms with E-state index in [0.717, 1.165) is 28.8 Å². The van der Waals surface area contributed by atoms with Crippen molar-refractivity contribution >= 4 is 28.3 Å². The third-order valence-corrected chi connectivity index (χ3v) is 6.21. The average molecular weight is 469 g/mol. The minimum atomic E-state index is -0.0488. The van der Waals surface area contributed by atoms with Crippen molar-refractivity contribution in [3.05, 3.63) is 90.3 Å². The van der Waals surface area contributed by atoms with Crippen molar-refractivity contribution in [3.8, 4) is 5.75 Å². The molecular weight excluding hydrogens is 440 g/mol. The number of methoxy groups -OCH3 is 1. The van der Waals surface area contributed by atoms with E-state index in [4.69, 9.17) is 9.47 Å². The van der Waals surface area contributed by atoms with Crippen molar-refractivity contribution in [2.45, 2.75) is 6.42 Å². The molecule has 7 heteroatoms. The smallest absolute Gasteiger partial charge is 0.257 e. The van der Waals surface area contributed by atoms with Gasteiger partial charge in [-0.2, -0.15) is 0 Å². The lowest BCUT2D eigenvalue weighted by Crippen LogP contribution is -2.36. The summed E-state index contributed by atoms with van der Waals surface area (Å²) < 4.78 is 11.1. The van der Waals surface area contributed by atoms with Crippen molar-refractivity contribution in [3.63, 3.8) is 0 Å². The van der Waals surface area contributed by atoms with Crippen LogP contribution in [0.2, 0.25) is 0 Å². The van der Waals surface area contributed by atoms with E-state index in [1.54, 1.807) is 25.6 Å². The maximum atomic E-state index is 13.6. The van der Waals surface area contributed by atoms with Crippen molar-refractivity contribution in [2.24, 2.45) is 5.92 Å². The van der Waals surface area contributed by atoms with Crippen LogP contribution in [0.1, 0.15) is 15.9 Å². The topological polar surface area (TPSA) is 76.6 Å². The van der Waals surface area contributed by atoms with Gasteiger partial charge in [0.25, 0.3) is 5.91 Å². The van der Waals surface area contributed by atoms with E-state index in [1.807, 2.05) is 41.3 Å². The number of fused-ring (bicyclic) bond motifs is 1. The number of hydrogen-bond donors (Lipinski definition) is 1. The van der Waals surface area contributed by atoms with Crippen molar-refractivity contribution in [1.29, 1.82) is 0 Å². The summed E-state index contributed by atoms with van der Waals surface area (Å²) in [5, 5.41) is 4.40. The van der Waals surface area contributed by atoms with E-state index in [-0.39, 0.29) is 11.8 Å². The number of carbonyl (C=O) groups is 1. The van der Waals surface area contributed by atoms with Gasteiger partial charge in [0.05, 0.1) is 31.4 Å². The quantitative estimate of drug-likeness (QED) is 0.442. The van der Waals surface area contributed by atoms with Gasteiger partial charge in [-0.1, -0.05) is 12.1 Å². The molecule has 0 aliphatic carbocycles. The Morgan fingerprint density at radius 1 is 1.09 bits per heavy atom. The fourth-order valence-corrected chi connectivity index (χ4v) is 4.43. The molecule has 1 atom stereocenters. The maximum absolute atomic E-state index is 13.6. The standard InChI is InChI=1S/C28H28N4O3/c1-34-24-9-7-23(8-10-24)31-27-25(5-3-13-30-27)28(33)32-14-15-35-19-21(18-32)16-20-6-11-26-22(17-20)4-2-12-29-26/h2-13,17,21H,14-16,18-19H2,1H3,(H,30,31)/t21-/m1/s1. The van der Waals surface area contributed by atoms with Gasteiger partial charge >= 0.3 is 0 Å². The van der Waals surface area contributed by atoms with E-state index < -0.39 is 0 Å². The van der Waals surface area contributed by atoms with E-state index in [1.165, 1.54) is 5.56 Å². The van der Waals surface area contributed by atoms with Gasteiger partial charge in [0.1, 0.15) is 11.6 Å². The van der Waals surface area contributed by atoms with Gasteiger partial charge in [-0.05, 0) is 66.6 Å². The Bertz CT molecular complexity index is 1310. The lowest BCUT2D eigenvalue weighted by Gasteiger charge is -2.24. The predicted molar refractivity (Wildman–Crippen MR) is 136 cm³/mol. The molecule has 0 radical (unpaired) electrons. The fraction of sp³-hybridized carbons (Fsp3) is 0.250. The number of nitrogens with zero attached hydrogens (tertiary/aromatic N) is 3. The van der Waals surface area contributed by atoms with Crippen LogP contribution in [-0.2, 0) is 11.2 Å². The first-order valence-corrected chi connectivity index (χ1v) is 11.8. The third kappa shape index (κ3) is 5.41. The highest BCUT2D eigenvalue weighted by Crippen LogP contribution is 2.24.